The predicted molar refractivity (Wildman–Crippen MR) is 86.9 cm³/mol. The fraction of sp³-hybridized carbons (Fsp3) is 0.167. The van der Waals surface area contributed by atoms with Crippen LogP contribution in [0.1, 0.15) is 18.1 Å². The topological polar surface area (TPSA) is 26.3 Å². The molecule has 0 saturated carbocycles. The third-order valence-corrected chi connectivity index (χ3v) is 4.26. The Morgan fingerprint density at radius 3 is 2.38 bits per heavy atom. The molecule has 106 valence electrons. The lowest BCUT2D eigenvalue weighted by Gasteiger charge is -2.19. The molecule has 3 rings (SSSR count). The Morgan fingerprint density at radius 1 is 1.10 bits per heavy atom. The zero-order valence-corrected chi connectivity index (χ0v) is 13.3. The number of halogens is 1. The first-order valence-corrected chi connectivity index (χ1v) is 7.59. The second-order valence-corrected chi connectivity index (χ2v) is 6.10. The van der Waals surface area contributed by atoms with E-state index >= 15 is 0 Å². The first-order valence-electron chi connectivity index (χ1n) is 6.80. The van der Waals surface area contributed by atoms with Gasteiger partial charge in [0.05, 0.1) is 5.41 Å². The van der Waals surface area contributed by atoms with Crippen LogP contribution in [0.4, 0.5) is 0 Å². The molecule has 0 bridgehead atoms. The normalized spacial score (nSPS) is 19.8. The number of hydrogen-bond acceptors (Lipinski definition) is 2. The average Bonchev–Trinajstić information content (AvgIpc) is 3.23. The number of hydrogen-bond donors (Lipinski definition) is 0. The van der Waals surface area contributed by atoms with E-state index < -0.39 is 0 Å². The molecule has 0 saturated heterocycles. The van der Waals surface area contributed by atoms with Gasteiger partial charge in [-0.3, -0.25) is 4.79 Å². The van der Waals surface area contributed by atoms with Gasteiger partial charge in [0.2, 0.25) is 0 Å². The van der Waals surface area contributed by atoms with Gasteiger partial charge < -0.3 is 4.74 Å². The first kappa shape index (κ1) is 14.1. The van der Waals surface area contributed by atoms with Crippen LogP contribution in [0.2, 0.25) is 0 Å². The van der Waals surface area contributed by atoms with Crippen molar-refractivity contribution in [2.24, 2.45) is 0 Å². The molecule has 0 radical (unpaired) electrons. The molecule has 1 atom stereocenters. The zero-order chi connectivity index (χ0) is 14.9. The van der Waals surface area contributed by atoms with Crippen molar-refractivity contribution in [2.45, 2.75) is 12.3 Å². The minimum atomic E-state index is -0.284. The molecule has 1 aliphatic carbocycles. The largest absolute Gasteiger partial charge is 0.464 e. The molecule has 0 aliphatic heterocycles. The molecular weight excluding hydrogens is 328 g/mol. The molecule has 0 aromatic heterocycles. The molecule has 21 heavy (non-hydrogen) atoms. The van der Waals surface area contributed by atoms with Gasteiger partial charge in [-0.2, -0.15) is 0 Å². The smallest absolute Gasteiger partial charge is 0.302 e. The summed E-state index contributed by atoms with van der Waals surface area (Å²) in [5, 5.41) is 0. The van der Waals surface area contributed by atoms with Crippen molar-refractivity contribution in [3.63, 3.8) is 0 Å². The highest BCUT2D eigenvalue weighted by Gasteiger charge is 2.47. The summed E-state index contributed by atoms with van der Waals surface area (Å²) in [5.41, 5.74) is 3.25. The number of esters is 1. The summed E-state index contributed by atoms with van der Waals surface area (Å²) < 4.78 is 6.34. The van der Waals surface area contributed by atoms with Crippen LogP contribution in [0.25, 0.3) is 5.57 Å². The van der Waals surface area contributed by atoms with Crippen molar-refractivity contribution in [3.05, 3.63) is 76.3 Å². The van der Waals surface area contributed by atoms with Gasteiger partial charge in [-0.1, -0.05) is 64.5 Å². The lowest BCUT2D eigenvalue weighted by molar-refractivity contribution is -0.141. The molecule has 2 aromatic carbocycles. The van der Waals surface area contributed by atoms with Crippen molar-refractivity contribution < 1.29 is 9.53 Å². The predicted octanol–water partition coefficient (Wildman–Crippen LogP) is 4.35. The molecule has 3 heteroatoms. The summed E-state index contributed by atoms with van der Waals surface area (Å²) in [6, 6.07) is 18.4. The molecule has 1 unspecified atom stereocenters. The van der Waals surface area contributed by atoms with Gasteiger partial charge >= 0.3 is 5.97 Å². The van der Waals surface area contributed by atoms with Crippen molar-refractivity contribution in [1.29, 1.82) is 0 Å². The standard InChI is InChI=1S/C18H15BrO2/c1-13(20)21-12-18(15-7-9-16(19)10-8-15)11-17(18)14-5-3-2-4-6-14/h2-11H,12H2,1H3. The maximum absolute atomic E-state index is 11.2. The third-order valence-electron chi connectivity index (χ3n) is 3.74. The number of benzene rings is 2. The maximum Gasteiger partial charge on any atom is 0.302 e. The Hall–Kier alpha value is -1.87. The summed E-state index contributed by atoms with van der Waals surface area (Å²) in [5.74, 6) is -0.251. The minimum absolute atomic E-state index is 0.251. The van der Waals surface area contributed by atoms with E-state index in [1.54, 1.807) is 0 Å². The van der Waals surface area contributed by atoms with Crippen molar-refractivity contribution in [3.8, 4) is 0 Å². The molecule has 0 amide bonds. The Morgan fingerprint density at radius 2 is 1.76 bits per heavy atom. The highest BCUT2D eigenvalue weighted by Crippen LogP contribution is 2.53. The lowest BCUT2D eigenvalue weighted by Crippen LogP contribution is -2.21. The molecule has 2 aromatic rings. The number of carbonyl (C=O) groups is 1. The molecule has 0 spiro atoms. The SMILES string of the molecule is CC(=O)OCC1(c2ccc(Br)cc2)C=C1c1ccccc1. The van der Waals surface area contributed by atoms with Crippen LogP contribution in [-0.4, -0.2) is 12.6 Å². The van der Waals surface area contributed by atoms with Crippen LogP contribution >= 0.6 is 15.9 Å². The summed E-state index contributed by atoms with van der Waals surface area (Å²) in [6.45, 7) is 1.80. The molecule has 1 aliphatic rings. The highest BCUT2D eigenvalue weighted by molar-refractivity contribution is 9.10. The van der Waals surface area contributed by atoms with E-state index in [1.165, 1.54) is 18.1 Å². The van der Waals surface area contributed by atoms with Crippen LogP contribution in [0.3, 0.4) is 0 Å². The first-order chi connectivity index (χ1) is 10.1. The van der Waals surface area contributed by atoms with Crippen molar-refractivity contribution >= 4 is 27.5 Å². The average molecular weight is 343 g/mol. The molecule has 0 heterocycles. The number of rotatable bonds is 4. The van der Waals surface area contributed by atoms with E-state index in [9.17, 15) is 4.79 Å². The zero-order valence-electron chi connectivity index (χ0n) is 11.7. The van der Waals surface area contributed by atoms with E-state index in [2.05, 4.69) is 46.3 Å². The fourth-order valence-electron chi connectivity index (χ4n) is 2.57. The molecule has 2 nitrogen and oxygen atoms in total. The third kappa shape index (κ3) is 2.79. The van der Waals surface area contributed by atoms with Crippen molar-refractivity contribution in [1.82, 2.24) is 0 Å². The van der Waals surface area contributed by atoms with Gasteiger partial charge in [0.25, 0.3) is 0 Å². The van der Waals surface area contributed by atoms with E-state index in [4.69, 9.17) is 4.74 Å². The Labute approximate surface area is 132 Å². The van der Waals surface area contributed by atoms with Gasteiger partial charge in [0.15, 0.2) is 0 Å². The monoisotopic (exact) mass is 342 g/mol. The van der Waals surface area contributed by atoms with Crippen LogP contribution in [-0.2, 0) is 14.9 Å². The summed E-state index contributed by atoms with van der Waals surface area (Å²) in [6.07, 6.45) is 2.18. The maximum atomic E-state index is 11.2. The van der Waals surface area contributed by atoms with Gasteiger partial charge in [0, 0.05) is 11.4 Å². The van der Waals surface area contributed by atoms with Crippen molar-refractivity contribution in [2.75, 3.05) is 6.61 Å². The van der Waals surface area contributed by atoms with Gasteiger partial charge in [-0.15, -0.1) is 0 Å². The second kappa shape index (κ2) is 5.49. The number of ether oxygens (including phenoxy) is 1. The fourth-order valence-corrected chi connectivity index (χ4v) is 2.84. The van der Waals surface area contributed by atoms with Crippen LogP contribution in [0.15, 0.2) is 65.1 Å². The summed E-state index contributed by atoms with van der Waals surface area (Å²) in [7, 11) is 0. The summed E-state index contributed by atoms with van der Waals surface area (Å²) >= 11 is 3.45. The minimum Gasteiger partial charge on any atom is -0.464 e. The molecule has 0 N–H and O–H groups in total. The number of carbonyl (C=O) groups excluding carboxylic acids is 1. The quantitative estimate of drug-likeness (QED) is 0.772. The molecule has 0 fully saturated rings. The van der Waals surface area contributed by atoms with Crippen LogP contribution in [0, 0.1) is 0 Å². The molecular formula is C18H15BrO2. The highest BCUT2D eigenvalue weighted by atomic mass is 79.9. The van der Waals surface area contributed by atoms with E-state index in [-0.39, 0.29) is 11.4 Å². The van der Waals surface area contributed by atoms with Gasteiger partial charge in [-0.05, 0) is 28.8 Å². The Bertz CT molecular complexity index is 689. The summed E-state index contributed by atoms with van der Waals surface area (Å²) in [4.78, 5) is 11.2. The lowest BCUT2D eigenvalue weighted by atomic mass is 9.89. The van der Waals surface area contributed by atoms with E-state index in [0.717, 1.165) is 10.0 Å². The van der Waals surface area contributed by atoms with E-state index in [1.807, 2.05) is 30.3 Å². The van der Waals surface area contributed by atoms with Gasteiger partial charge in [-0.25, -0.2) is 0 Å². The Kier molecular flexibility index (Phi) is 3.68. The van der Waals surface area contributed by atoms with E-state index in [0.29, 0.717) is 6.61 Å². The van der Waals surface area contributed by atoms with Gasteiger partial charge in [0.1, 0.15) is 6.61 Å². The Balaban J connectivity index is 1.92. The van der Waals surface area contributed by atoms with Crippen LogP contribution < -0.4 is 0 Å². The van der Waals surface area contributed by atoms with Crippen LogP contribution in [0.5, 0.6) is 0 Å². The second-order valence-electron chi connectivity index (χ2n) is 5.18.